The van der Waals surface area contributed by atoms with Gasteiger partial charge < -0.3 is 30.6 Å². The molecule has 0 radical (unpaired) electrons. The molecule has 2 aromatic carbocycles. The van der Waals surface area contributed by atoms with Crippen LogP contribution in [0.15, 0.2) is 85.2 Å². The minimum absolute atomic E-state index is 0.0481. The van der Waals surface area contributed by atoms with Crippen LogP contribution in [0.1, 0.15) is 74.6 Å². The molecule has 4 N–H and O–H groups in total. The normalized spacial score (nSPS) is 20.0. The number of nitrogens with zero attached hydrogens (tertiary/aromatic N) is 8. The fourth-order valence-corrected chi connectivity index (χ4v) is 7.40. The summed E-state index contributed by atoms with van der Waals surface area (Å²) in [6.45, 7) is 15.9. The number of hydrogen-bond donors (Lipinski definition) is 2. The summed E-state index contributed by atoms with van der Waals surface area (Å²) in [5, 5.41) is 10.6. The Hall–Kier alpha value is -6.14. The molecule has 264 valence electrons. The largest absolute Gasteiger partial charge is 0.472 e. The summed E-state index contributed by atoms with van der Waals surface area (Å²) in [7, 11) is 0. The molecule has 0 unspecified atom stereocenters. The zero-order chi connectivity index (χ0) is 35.9. The first-order chi connectivity index (χ1) is 25.6. The van der Waals surface area contributed by atoms with Crippen molar-refractivity contribution in [2.45, 2.75) is 88.7 Å². The van der Waals surface area contributed by atoms with E-state index in [-0.39, 0.29) is 24.2 Å². The van der Waals surface area contributed by atoms with Crippen LogP contribution in [0.4, 0.5) is 11.6 Å². The van der Waals surface area contributed by atoms with E-state index in [9.17, 15) is 0 Å². The molecule has 12 heteroatoms. The highest BCUT2D eigenvalue weighted by molar-refractivity contribution is 5.94. The Bertz CT molecular complexity index is 2050. The third kappa shape index (κ3) is 7.19. The zero-order valence-corrected chi connectivity index (χ0v) is 29.0. The van der Waals surface area contributed by atoms with Crippen molar-refractivity contribution >= 4 is 33.4 Å². The number of nitrogen functional groups attached to an aromatic ring is 2. The Morgan fingerprint density at radius 1 is 0.596 bits per heavy atom. The Labute approximate surface area is 303 Å². The smallest absolute Gasteiger partial charge is 0.245 e. The second-order valence-corrected chi connectivity index (χ2v) is 13.3. The molecule has 8 rings (SSSR count). The van der Waals surface area contributed by atoms with Gasteiger partial charge in [-0.25, -0.2) is 23.1 Å². The first-order valence-corrected chi connectivity index (χ1v) is 17.9. The Balaban J connectivity index is 0.000000162. The van der Waals surface area contributed by atoms with Gasteiger partial charge in [0.1, 0.15) is 36.1 Å². The number of benzene rings is 2. The van der Waals surface area contributed by atoms with E-state index >= 15 is 0 Å². The second-order valence-electron chi connectivity index (χ2n) is 13.3. The van der Waals surface area contributed by atoms with E-state index in [4.69, 9.17) is 34.1 Å². The van der Waals surface area contributed by atoms with E-state index in [0.29, 0.717) is 36.6 Å². The summed E-state index contributed by atoms with van der Waals surface area (Å²) in [5.74, 6) is 1.80. The second kappa shape index (κ2) is 15.8. The number of fused-ring (bicyclic) bond motifs is 2. The van der Waals surface area contributed by atoms with Crippen molar-refractivity contribution in [3.8, 4) is 11.8 Å². The van der Waals surface area contributed by atoms with Crippen LogP contribution in [-0.2, 0) is 13.2 Å². The molecule has 6 aromatic rings. The number of ether oxygens (including phenoxy) is 2. The van der Waals surface area contributed by atoms with Gasteiger partial charge in [0.25, 0.3) is 0 Å². The van der Waals surface area contributed by atoms with Crippen molar-refractivity contribution in [3.63, 3.8) is 0 Å². The van der Waals surface area contributed by atoms with Crippen LogP contribution in [0.5, 0.6) is 11.8 Å². The van der Waals surface area contributed by atoms with Crippen molar-refractivity contribution in [3.05, 3.63) is 119 Å². The number of hydrogen-bond acceptors (Lipinski definition) is 8. The maximum absolute atomic E-state index is 7.51. The predicted molar refractivity (Wildman–Crippen MR) is 201 cm³/mol. The van der Waals surface area contributed by atoms with E-state index < -0.39 is 0 Å². The molecule has 2 fully saturated rings. The summed E-state index contributed by atoms with van der Waals surface area (Å²) < 4.78 is 15.7. The monoisotopic (exact) mass is 694 g/mol. The first-order valence-electron chi connectivity index (χ1n) is 17.9. The molecule has 0 saturated heterocycles. The minimum atomic E-state index is -0.0481. The van der Waals surface area contributed by atoms with Gasteiger partial charge in [0, 0.05) is 25.2 Å². The number of rotatable bonds is 8. The molecule has 0 amide bonds. The van der Waals surface area contributed by atoms with Crippen molar-refractivity contribution in [2.75, 3.05) is 11.5 Å². The Morgan fingerprint density at radius 2 is 1.00 bits per heavy atom. The van der Waals surface area contributed by atoms with Crippen molar-refractivity contribution < 1.29 is 9.47 Å². The standard InChI is InChI=1S/2C20H21N5O/c2*1-22-15-9-5-6-10-16(15)25-17-11-12-23-20(18(17)19(21)24-25)26-13-14-7-3-2-4-8-14/h2*2-4,7-8,11-12,15-16H,5-6,9-10,13H2,(H2,21,24)/t2*15-,16-/m10/s1. The average molecular weight is 695 g/mol. The van der Waals surface area contributed by atoms with Crippen LogP contribution in [0.25, 0.3) is 31.5 Å². The lowest BCUT2D eigenvalue weighted by atomic mass is 9.91. The average Bonchev–Trinajstić information content (AvgIpc) is 3.73. The Kier molecular flexibility index (Phi) is 10.4. The lowest BCUT2D eigenvalue weighted by Crippen LogP contribution is -2.26. The summed E-state index contributed by atoms with van der Waals surface area (Å²) in [4.78, 5) is 16.4. The van der Waals surface area contributed by atoms with Gasteiger partial charge in [0.15, 0.2) is 11.6 Å². The highest BCUT2D eigenvalue weighted by atomic mass is 16.5. The molecule has 0 bridgehead atoms. The summed E-state index contributed by atoms with van der Waals surface area (Å²) in [6.07, 6.45) is 11.6. The SMILES string of the molecule is [C-]#[N+][C@@H]1CCCC[C@H]1n1nc(N)c2c(OCc3ccccc3)nccc21.[C-]#[N+][C@H]1CCCC[C@@H]1n1nc(N)c2c(OCc3ccccc3)nccc21. The van der Waals surface area contributed by atoms with Gasteiger partial charge in [0.05, 0.1) is 11.0 Å². The topological polar surface area (TPSA) is 141 Å². The van der Waals surface area contributed by atoms with Gasteiger partial charge in [-0.15, -0.1) is 0 Å². The van der Waals surface area contributed by atoms with Gasteiger partial charge in [-0.2, -0.15) is 10.2 Å². The maximum Gasteiger partial charge on any atom is 0.245 e. The molecule has 4 atom stereocenters. The molecular weight excluding hydrogens is 653 g/mol. The third-order valence-corrected chi connectivity index (χ3v) is 10.0. The van der Waals surface area contributed by atoms with Crippen LogP contribution < -0.4 is 20.9 Å². The van der Waals surface area contributed by atoms with Crippen LogP contribution in [0.2, 0.25) is 0 Å². The van der Waals surface area contributed by atoms with Crippen molar-refractivity contribution in [1.29, 1.82) is 0 Å². The molecule has 4 heterocycles. The molecule has 52 heavy (non-hydrogen) atoms. The van der Waals surface area contributed by atoms with E-state index in [1.165, 1.54) is 0 Å². The number of aromatic nitrogens is 6. The van der Waals surface area contributed by atoms with Crippen molar-refractivity contribution in [2.24, 2.45) is 0 Å². The summed E-state index contributed by atoms with van der Waals surface area (Å²) in [5.41, 5.74) is 16.3. The maximum atomic E-state index is 7.51. The number of nitrogens with two attached hydrogens (primary N) is 2. The fourth-order valence-electron chi connectivity index (χ4n) is 7.40. The van der Waals surface area contributed by atoms with E-state index in [0.717, 1.165) is 84.3 Å². The first kappa shape index (κ1) is 34.3. The van der Waals surface area contributed by atoms with E-state index in [1.54, 1.807) is 12.4 Å². The van der Waals surface area contributed by atoms with Crippen LogP contribution in [0.3, 0.4) is 0 Å². The van der Waals surface area contributed by atoms with Gasteiger partial charge in [-0.1, -0.05) is 73.5 Å². The van der Waals surface area contributed by atoms with E-state index in [2.05, 4.69) is 29.9 Å². The summed E-state index contributed by atoms with van der Waals surface area (Å²) in [6, 6.07) is 23.7. The highest BCUT2D eigenvalue weighted by Crippen LogP contribution is 2.38. The van der Waals surface area contributed by atoms with Crippen LogP contribution in [-0.4, -0.2) is 41.6 Å². The van der Waals surface area contributed by atoms with Gasteiger partial charge >= 0.3 is 0 Å². The molecule has 12 nitrogen and oxygen atoms in total. The minimum Gasteiger partial charge on any atom is -0.472 e. The Morgan fingerprint density at radius 3 is 1.40 bits per heavy atom. The highest BCUT2D eigenvalue weighted by Gasteiger charge is 2.35. The quantitative estimate of drug-likeness (QED) is 0.153. The van der Waals surface area contributed by atoms with Gasteiger partial charge in [-0.05, 0) is 48.9 Å². The number of pyridine rings is 2. The molecule has 2 saturated carbocycles. The number of anilines is 2. The molecule has 2 aliphatic carbocycles. The summed E-state index contributed by atoms with van der Waals surface area (Å²) >= 11 is 0. The molecular formula is C40H42N10O2. The fraction of sp³-hybridized carbons (Fsp3) is 0.350. The van der Waals surface area contributed by atoms with E-state index in [1.807, 2.05) is 82.2 Å². The van der Waals surface area contributed by atoms with Crippen molar-refractivity contribution in [1.82, 2.24) is 29.5 Å². The van der Waals surface area contributed by atoms with Gasteiger partial charge in [0.2, 0.25) is 23.8 Å². The lowest BCUT2D eigenvalue weighted by molar-refractivity contribution is 0.298. The van der Waals surface area contributed by atoms with Crippen LogP contribution in [0, 0.1) is 13.1 Å². The zero-order valence-electron chi connectivity index (χ0n) is 29.0. The third-order valence-electron chi connectivity index (χ3n) is 10.0. The molecule has 0 spiro atoms. The molecule has 2 aliphatic rings. The lowest BCUT2D eigenvalue weighted by Gasteiger charge is -2.24. The van der Waals surface area contributed by atoms with Gasteiger partial charge in [-0.3, -0.25) is 9.36 Å². The molecule has 4 aromatic heterocycles. The predicted octanol–water partition coefficient (Wildman–Crippen LogP) is 7.99. The van der Waals surface area contributed by atoms with Crippen LogP contribution >= 0.6 is 0 Å². The molecule has 0 aliphatic heterocycles.